The number of fused-ring (bicyclic) bond motifs is 2. The van der Waals surface area contributed by atoms with Crippen molar-refractivity contribution in [1.29, 1.82) is 0 Å². The molecule has 3 heterocycles. The van der Waals surface area contributed by atoms with E-state index in [9.17, 15) is 4.79 Å². The number of nitrogens with one attached hydrogen (secondary N) is 1. The Bertz CT molecular complexity index is 693. The normalized spacial score (nSPS) is 25.3. The van der Waals surface area contributed by atoms with Gasteiger partial charge < -0.3 is 10.2 Å². The van der Waals surface area contributed by atoms with E-state index in [1.165, 1.54) is 6.42 Å². The van der Waals surface area contributed by atoms with E-state index in [2.05, 4.69) is 10.4 Å². The first-order valence-corrected chi connectivity index (χ1v) is 7.69. The molecule has 0 spiro atoms. The molecule has 2 unspecified atom stereocenters. The zero-order valence-corrected chi connectivity index (χ0v) is 12.2. The molecule has 2 fully saturated rings. The number of para-hydroxylation sites is 1. The van der Waals surface area contributed by atoms with Crippen molar-refractivity contribution in [1.82, 2.24) is 20.0 Å². The van der Waals surface area contributed by atoms with Gasteiger partial charge in [0.15, 0.2) is 5.69 Å². The number of aryl methyl sites for hydroxylation is 1. The molecule has 0 bridgehead atoms. The van der Waals surface area contributed by atoms with Gasteiger partial charge in [-0.3, -0.25) is 9.48 Å². The second-order valence-corrected chi connectivity index (χ2v) is 6.10. The van der Waals surface area contributed by atoms with Gasteiger partial charge >= 0.3 is 0 Å². The lowest BCUT2D eigenvalue weighted by molar-refractivity contribution is 0.0698. The Labute approximate surface area is 123 Å². The van der Waals surface area contributed by atoms with Crippen LogP contribution in [0.4, 0.5) is 0 Å². The minimum Gasteiger partial charge on any atom is -0.333 e. The Kier molecular flexibility index (Phi) is 2.96. The molecule has 110 valence electrons. The molecule has 0 radical (unpaired) electrons. The largest absolute Gasteiger partial charge is 0.333 e. The fraction of sp³-hybridized carbons (Fsp3) is 0.500. The van der Waals surface area contributed by atoms with Gasteiger partial charge in [0.1, 0.15) is 0 Å². The standard InChI is InChI=1S/C16H20N4O/c1-19-13-5-3-2-4-12(13)15(18-19)16(21)20-9-7-11-6-8-17-10-14(11)20/h2-5,11,14,17H,6-10H2,1H3. The highest BCUT2D eigenvalue weighted by Crippen LogP contribution is 2.31. The Morgan fingerprint density at radius 1 is 1.33 bits per heavy atom. The topological polar surface area (TPSA) is 50.2 Å². The number of piperidine rings is 1. The van der Waals surface area contributed by atoms with Gasteiger partial charge in [-0.15, -0.1) is 0 Å². The zero-order chi connectivity index (χ0) is 14.4. The third-order valence-corrected chi connectivity index (χ3v) is 4.95. The third kappa shape index (κ3) is 1.95. The predicted octanol–water partition coefficient (Wildman–Crippen LogP) is 1.40. The summed E-state index contributed by atoms with van der Waals surface area (Å²) < 4.78 is 1.80. The molecule has 5 nitrogen and oxygen atoms in total. The smallest absolute Gasteiger partial charge is 0.275 e. The average Bonchev–Trinajstić information content (AvgIpc) is 3.09. The first kappa shape index (κ1) is 12.8. The highest BCUT2D eigenvalue weighted by Gasteiger charge is 2.39. The molecule has 2 aliphatic heterocycles. The van der Waals surface area contributed by atoms with Gasteiger partial charge in [-0.25, -0.2) is 0 Å². The van der Waals surface area contributed by atoms with Crippen molar-refractivity contribution in [3.05, 3.63) is 30.0 Å². The molecule has 2 saturated heterocycles. The van der Waals surface area contributed by atoms with Crippen molar-refractivity contribution in [3.8, 4) is 0 Å². The molecular weight excluding hydrogens is 264 g/mol. The van der Waals surface area contributed by atoms with E-state index < -0.39 is 0 Å². The van der Waals surface area contributed by atoms with E-state index in [0.717, 1.165) is 37.0 Å². The summed E-state index contributed by atoms with van der Waals surface area (Å²) in [5.74, 6) is 0.744. The summed E-state index contributed by atoms with van der Waals surface area (Å²) in [6.45, 7) is 2.86. The lowest BCUT2D eigenvalue weighted by atomic mass is 9.93. The predicted molar refractivity (Wildman–Crippen MR) is 81.1 cm³/mol. The van der Waals surface area contributed by atoms with Gasteiger partial charge in [-0.2, -0.15) is 5.10 Å². The lowest BCUT2D eigenvalue weighted by Crippen LogP contribution is -2.48. The number of nitrogens with zero attached hydrogens (tertiary/aromatic N) is 3. The molecule has 1 amide bonds. The molecule has 1 N–H and O–H groups in total. The van der Waals surface area contributed by atoms with E-state index in [0.29, 0.717) is 17.7 Å². The van der Waals surface area contributed by atoms with Crippen LogP contribution in [0.15, 0.2) is 24.3 Å². The van der Waals surface area contributed by atoms with E-state index >= 15 is 0 Å². The fourth-order valence-corrected chi connectivity index (χ4v) is 3.83. The summed E-state index contributed by atoms with van der Waals surface area (Å²) in [4.78, 5) is 15.0. The number of likely N-dealkylation sites (tertiary alicyclic amines) is 1. The average molecular weight is 284 g/mol. The van der Waals surface area contributed by atoms with Crippen molar-refractivity contribution in [2.24, 2.45) is 13.0 Å². The van der Waals surface area contributed by atoms with E-state index in [1.54, 1.807) is 4.68 Å². The number of rotatable bonds is 1. The van der Waals surface area contributed by atoms with Crippen molar-refractivity contribution in [3.63, 3.8) is 0 Å². The van der Waals surface area contributed by atoms with Crippen LogP contribution in [-0.2, 0) is 7.05 Å². The maximum atomic E-state index is 13.0. The van der Waals surface area contributed by atoms with Gasteiger partial charge in [0.25, 0.3) is 5.91 Å². The van der Waals surface area contributed by atoms with Crippen LogP contribution < -0.4 is 5.32 Å². The minimum absolute atomic E-state index is 0.0861. The molecule has 0 aliphatic carbocycles. The monoisotopic (exact) mass is 284 g/mol. The van der Waals surface area contributed by atoms with E-state index in [4.69, 9.17) is 0 Å². The van der Waals surface area contributed by atoms with Crippen molar-refractivity contribution in [2.45, 2.75) is 18.9 Å². The molecule has 0 saturated carbocycles. The van der Waals surface area contributed by atoms with Crippen LogP contribution in [0.3, 0.4) is 0 Å². The molecule has 2 aliphatic rings. The molecular formula is C16H20N4O. The van der Waals surface area contributed by atoms with Gasteiger partial charge in [0.2, 0.25) is 0 Å². The molecule has 5 heteroatoms. The van der Waals surface area contributed by atoms with Crippen LogP contribution in [0.1, 0.15) is 23.3 Å². The van der Waals surface area contributed by atoms with Gasteiger partial charge in [0.05, 0.1) is 5.52 Å². The Morgan fingerprint density at radius 3 is 3.10 bits per heavy atom. The number of aromatic nitrogens is 2. The molecule has 21 heavy (non-hydrogen) atoms. The maximum Gasteiger partial charge on any atom is 0.275 e. The number of hydrogen-bond acceptors (Lipinski definition) is 3. The second kappa shape index (κ2) is 4.84. The van der Waals surface area contributed by atoms with Crippen LogP contribution in [-0.4, -0.2) is 46.3 Å². The highest BCUT2D eigenvalue weighted by molar-refractivity contribution is 6.05. The van der Waals surface area contributed by atoms with Crippen LogP contribution >= 0.6 is 0 Å². The first-order chi connectivity index (χ1) is 10.3. The summed E-state index contributed by atoms with van der Waals surface area (Å²) in [7, 11) is 1.90. The maximum absolute atomic E-state index is 13.0. The summed E-state index contributed by atoms with van der Waals surface area (Å²) in [6.07, 6.45) is 2.31. The SMILES string of the molecule is Cn1nc(C(=O)N2CCC3CCNCC32)c2ccccc21. The number of hydrogen-bond donors (Lipinski definition) is 1. The number of benzene rings is 1. The highest BCUT2D eigenvalue weighted by atomic mass is 16.2. The van der Waals surface area contributed by atoms with Gasteiger partial charge in [-0.1, -0.05) is 18.2 Å². The van der Waals surface area contributed by atoms with Gasteiger partial charge in [-0.05, 0) is 31.4 Å². The minimum atomic E-state index is 0.0861. The summed E-state index contributed by atoms with van der Waals surface area (Å²) in [6, 6.07) is 8.29. The van der Waals surface area contributed by atoms with Gasteiger partial charge in [0, 0.05) is 31.6 Å². The number of carbonyl (C=O) groups is 1. The zero-order valence-electron chi connectivity index (χ0n) is 12.2. The lowest BCUT2D eigenvalue weighted by Gasteiger charge is -2.31. The van der Waals surface area contributed by atoms with Crippen molar-refractivity contribution < 1.29 is 4.79 Å². The molecule has 1 aromatic heterocycles. The van der Waals surface area contributed by atoms with Crippen LogP contribution in [0, 0.1) is 5.92 Å². The van der Waals surface area contributed by atoms with Crippen LogP contribution in [0.2, 0.25) is 0 Å². The molecule has 4 rings (SSSR count). The third-order valence-electron chi connectivity index (χ3n) is 4.95. The van der Waals surface area contributed by atoms with Crippen LogP contribution in [0.5, 0.6) is 0 Å². The molecule has 2 atom stereocenters. The second-order valence-electron chi connectivity index (χ2n) is 6.10. The van der Waals surface area contributed by atoms with Crippen LogP contribution in [0.25, 0.3) is 10.9 Å². The fourth-order valence-electron chi connectivity index (χ4n) is 3.83. The number of amides is 1. The summed E-state index contributed by atoms with van der Waals surface area (Å²) >= 11 is 0. The first-order valence-electron chi connectivity index (χ1n) is 7.69. The summed E-state index contributed by atoms with van der Waals surface area (Å²) in [5, 5.41) is 8.85. The van der Waals surface area contributed by atoms with Crippen molar-refractivity contribution in [2.75, 3.05) is 19.6 Å². The molecule has 1 aromatic carbocycles. The Hall–Kier alpha value is -1.88. The summed E-state index contributed by atoms with van der Waals surface area (Å²) in [5.41, 5.74) is 1.61. The van der Waals surface area contributed by atoms with Crippen molar-refractivity contribution >= 4 is 16.8 Å². The quantitative estimate of drug-likeness (QED) is 0.861. The molecule has 2 aromatic rings. The van der Waals surface area contributed by atoms with E-state index in [-0.39, 0.29) is 5.91 Å². The Balaban J connectivity index is 1.70. The van der Waals surface area contributed by atoms with E-state index in [1.807, 2.05) is 36.2 Å². The Morgan fingerprint density at radius 2 is 2.19 bits per heavy atom. The number of carbonyl (C=O) groups excluding carboxylic acids is 1.